The lowest BCUT2D eigenvalue weighted by molar-refractivity contribution is 0.00217. The highest BCUT2D eigenvalue weighted by Crippen LogP contribution is 2.18. The zero-order valence-electron chi connectivity index (χ0n) is 7.72. The van der Waals surface area contributed by atoms with Gasteiger partial charge in [-0.15, -0.1) is 0 Å². The van der Waals surface area contributed by atoms with Crippen LogP contribution in [0.5, 0.6) is 0 Å². The third-order valence-corrected chi connectivity index (χ3v) is 2.50. The molecule has 13 heavy (non-hydrogen) atoms. The highest BCUT2D eigenvalue weighted by molar-refractivity contribution is 4.99. The van der Waals surface area contributed by atoms with Crippen molar-refractivity contribution < 1.29 is 15.3 Å². The van der Waals surface area contributed by atoms with Crippen LogP contribution in [0.25, 0.3) is 0 Å². The van der Waals surface area contributed by atoms with Gasteiger partial charge in [-0.05, 0) is 6.42 Å². The first kappa shape index (κ1) is 10.9. The van der Waals surface area contributed by atoms with Crippen LogP contribution in [0.1, 0.15) is 19.8 Å². The molecule has 78 valence electrons. The van der Waals surface area contributed by atoms with E-state index in [0.29, 0.717) is 0 Å². The maximum absolute atomic E-state index is 9.53. The van der Waals surface area contributed by atoms with Crippen LogP contribution in [0.15, 0.2) is 0 Å². The number of rotatable bonds is 3. The van der Waals surface area contributed by atoms with Gasteiger partial charge in [-0.1, -0.05) is 13.3 Å². The SMILES string of the molecule is CCC[C@H]1N[C@@H](C(N)O)[C@H](O)[C@H]1O. The summed E-state index contributed by atoms with van der Waals surface area (Å²) in [5.74, 6) is 0. The molecule has 1 saturated heterocycles. The molecule has 6 N–H and O–H groups in total. The molecule has 0 radical (unpaired) electrons. The highest BCUT2D eigenvalue weighted by Gasteiger charge is 2.42. The number of nitrogens with one attached hydrogen (secondary N) is 1. The lowest BCUT2D eigenvalue weighted by atomic mass is 10.0. The van der Waals surface area contributed by atoms with Crippen LogP contribution in [0, 0.1) is 0 Å². The lowest BCUT2D eigenvalue weighted by Crippen LogP contribution is -2.48. The van der Waals surface area contributed by atoms with E-state index < -0.39 is 24.5 Å². The summed E-state index contributed by atoms with van der Waals surface area (Å²) in [7, 11) is 0. The van der Waals surface area contributed by atoms with E-state index in [9.17, 15) is 10.2 Å². The van der Waals surface area contributed by atoms with Crippen molar-refractivity contribution >= 4 is 0 Å². The molecule has 0 bridgehead atoms. The average Bonchev–Trinajstić information content (AvgIpc) is 2.33. The van der Waals surface area contributed by atoms with Gasteiger partial charge in [0, 0.05) is 6.04 Å². The summed E-state index contributed by atoms with van der Waals surface area (Å²) >= 11 is 0. The Morgan fingerprint density at radius 1 is 1.38 bits per heavy atom. The Morgan fingerprint density at radius 3 is 2.38 bits per heavy atom. The maximum Gasteiger partial charge on any atom is 0.120 e. The zero-order chi connectivity index (χ0) is 10.0. The van der Waals surface area contributed by atoms with Crippen molar-refractivity contribution in [1.82, 2.24) is 5.32 Å². The molecule has 1 fully saturated rings. The molecule has 5 atom stereocenters. The Bertz CT molecular complexity index is 165. The van der Waals surface area contributed by atoms with Gasteiger partial charge >= 0.3 is 0 Å². The molecule has 0 aromatic heterocycles. The quantitative estimate of drug-likeness (QED) is 0.336. The summed E-state index contributed by atoms with van der Waals surface area (Å²) in [5.41, 5.74) is 5.23. The van der Waals surface area contributed by atoms with Gasteiger partial charge in [-0.3, -0.25) is 0 Å². The maximum atomic E-state index is 9.53. The summed E-state index contributed by atoms with van der Waals surface area (Å²) < 4.78 is 0. The molecule has 0 aromatic rings. The van der Waals surface area contributed by atoms with Crippen molar-refractivity contribution in [2.75, 3.05) is 0 Å². The van der Waals surface area contributed by atoms with Crippen LogP contribution in [-0.4, -0.2) is 45.8 Å². The highest BCUT2D eigenvalue weighted by atomic mass is 16.3. The molecule has 0 aliphatic carbocycles. The molecule has 0 spiro atoms. The minimum Gasteiger partial charge on any atom is -0.389 e. The van der Waals surface area contributed by atoms with Crippen molar-refractivity contribution in [3.05, 3.63) is 0 Å². The smallest absolute Gasteiger partial charge is 0.120 e. The molecule has 1 unspecified atom stereocenters. The average molecular weight is 190 g/mol. The van der Waals surface area contributed by atoms with Gasteiger partial charge in [-0.2, -0.15) is 0 Å². The first-order chi connectivity index (χ1) is 6.07. The predicted molar refractivity (Wildman–Crippen MR) is 47.8 cm³/mol. The van der Waals surface area contributed by atoms with E-state index in [-0.39, 0.29) is 6.04 Å². The van der Waals surface area contributed by atoms with Gasteiger partial charge in [0.15, 0.2) is 0 Å². The van der Waals surface area contributed by atoms with Gasteiger partial charge in [0.25, 0.3) is 0 Å². The monoisotopic (exact) mass is 190 g/mol. The van der Waals surface area contributed by atoms with E-state index in [1.54, 1.807) is 0 Å². The van der Waals surface area contributed by atoms with Gasteiger partial charge in [0.2, 0.25) is 0 Å². The third-order valence-electron chi connectivity index (χ3n) is 2.50. The van der Waals surface area contributed by atoms with Gasteiger partial charge in [0.05, 0.1) is 12.1 Å². The van der Waals surface area contributed by atoms with Crippen LogP contribution in [-0.2, 0) is 0 Å². The second-order valence-electron chi connectivity index (χ2n) is 3.56. The Labute approximate surface area is 77.6 Å². The van der Waals surface area contributed by atoms with Crippen LogP contribution in [0.3, 0.4) is 0 Å². The van der Waals surface area contributed by atoms with Crippen LogP contribution in [0.4, 0.5) is 0 Å². The molecule has 1 aliphatic heterocycles. The minimum atomic E-state index is -1.13. The molecule has 0 saturated carbocycles. The van der Waals surface area contributed by atoms with Crippen molar-refractivity contribution in [2.24, 2.45) is 5.73 Å². The van der Waals surface area contributed by atoms with E-state index in [1.165, 1.54) is 0 Å². The number of nitrogens with two attached hydrogens (primary N) is 1. The summed E-state index contributed by atoms with van der Waals surface area (Å²) in [4.78, 5) is 0. The largest absolute Gasteiger partial charge is 0.389 e. The van der Waals surface area contributed by atoms with Gasteiger partial charge in [0.1, 0.15) is 12.3 Å². The van der Waals surface area contributed by atoms with Crippen LogP contribution in [0.2, 0.25) is 0 Å². The Hall–Kier alpha value is -0.200. The molecule has 5 heteroatoms. The van der Waals surface area contributed by atoms with Crippen LogP contribution >= 0.6 is 0 Å². The minimum absolute atomic E-state index is 0.164. The van der Waals surface area contributed by atoms with Crippen LogP contribution < -0.4 is 11.1 Å². The van der Waals surface area contributed by atoms with E-state index in [4.69, 9.17) is 10.8 Å². The zero-order valence-corrected chi connectivity index (χ0v) is 7.72. The number of hydrogen-bond acceptors (Lipinski definition) is 5. The summed E-state index contributed by atoms with van der Waals surface area (Å²) in [6.07, 6.45) is -1.26. The molecule has 1 rings (SSSR count). The molecule has 5 nitrogen and oxygen atoms in total. The Kier molecular flexibility index (Phi) is 3.63. The molecular formula is C8H18N2O3. The van der Waals surface area contributed by atoms with E-state index >= 15 is 0 Å². The Balaban J connectivity index is 2.56. The number of aliphatic hydroxyl groups excluding tert-OH is 3. The summed E-state index contributed by atoms with van der Waals surface area (Å²) in [6.45, 7) is 1.99. The number of hydrogen-bond donors (Lipinski definition) is 5. The molecule has 1 aliphatic rings. The van der Waals surface area contributed by atoms with Gasteiger partial charge < -0.3 is 26.4 Å². The third kappa shape index (κ3) is 2.18. The van der Waals surface area contributed by atoms with E-state index in [0.717, 1.165) is 12.8 Å². The van der Waals surface area contributed by atoms with Gasteiger partial charge in [-0.25, -0.2) is 0 Å². The summed E-state index contributed by atoms with van der Waals surface area (Å²) in [5, 5.41) is 31.0. The fourth-order valence-corrected chi connectivity index (χ4v) is 1.76. The second-order valence-corrected chi connectivity index (χ2v) is 3.56. The molecule has 0 aromatic carbocycles. The first-order valence-corrected chi connectivity index (χ1v) is 4.63. The molecule has 1 heterocycles. The Morgan fingerprint density at radius 2 is 2.00 bits per heavy atom. The fraction of sp³-hybridized carbons (Fsp3) is 1.00. The normalized spacial score (nSPS) is 42.2. The van der Waals surface area contributed by atoms with Crippen molar-refractivity contribution in [3.8, 4) is 0 Å². The standard InChI is InChI=1S/C8H18N2O3/c1-2-3-4-6(11)7(12)5(10-4)8(9)13/h4-8,10-13H,2-3,9H2,1H3/t4-,5-,6+,7+,8?/m1/s1. The van der Waals surface area contributed by atoms with E-state index in [1.807, 2.05) is 6.92 Å². The predicted octanol–water partition coefficient (Wildman–Crippen LogP) is -1.87. The second kappa shape index (κ2) is 4.34. The van der Waals surface area contributed by atoms with E-state index in [2.05, 4.69) is 5.32 Å². The topological polar surface area (TPSA) is 98.7 Å². The number of aliphatic hydroxyl groups is 3. The lowest BCUT2D eigenvalue weighted by Gasteiger charge is -2.17. The molecule has 0 amide bonds. The van der Waals surface area contributed by atoms with Crippen molar-refractivity contribution in [2.45, 2.75) is 50.3 Å². The first-order valence-electron chi connectivity index (χ1n) is 4.63. The molecular weight excluding hydrogens is 172 g/mol. The fourth-order valence-electron chi connectivity index (χ4n) is 1.76. The van der Waals surface area contributed by atoms with Crippen molar-refractivity contribution in [1.29, 1.82) is 0 Å². The van der Waals surface area contributed by atoms with Crippen molar-refractivity contribution in [3.63, 3.8) is 0 Å². The summed E-state index contributed by atoms with van der Waals surface area (Å²) in [6, 6.07) is -0.783.